The third-order valence-electron chi connectivity index (χ3n) is 2.97. The van der Waals surface area contributed by atoms with E-state index < -0.39 is 23.4 Å². The van der Waals surface area contributed by atoms with E-state index in [1.807, 2.05) is 0 Å². The first-order chi connectivity index (χ1) is 12.0. The number of hydrogen-bond donors (Lipinski definition) is 1. The second-order valence-electron chi connectivity index (χ2n) is 4.72. The average molecular weight is 342 g/mol. The number of carboxylic acids is 1. The average Bonchev–Trinajstić information content (AvgIpc) is 2.60. The Morgan fingerprint density at radius 3 is 2.48 bits per heavy atom. The van der Waals surface area contributed by atoms with Crippen LogP contribution in [0.1, 0.15) is 15.9 Å². The third-order valence-corrected chi connectivity index (χ3v) is 2.97. The fraction of sp³-hybridized carbons (Fsp3) is 0.0625. The van der Waals surface area contributed by atoms with Gasteiger partial charge in [-0.1, -0.05) is 36.4 Å². The molecule has 0 aliphatic heterocycles. The zero-order chi connectivity index (χ0) is 18.2. The van der Waals surface area contributed by atoms with Gasteiger partial charge in [0.05, 0.1) is 17.1 Å². The molecule has 0 bridgehead atoms. The third kappa shape index (κ3) is 5.13. The maximum absolute atomic E-state index is 11.6. The van der Waals surface area contributed by atoms with Crippen LogP contribution in [0, 0.1) is 10.1 Å². The van der Waals surface area contributed by atoms with Crippen LogP contribution in [-0.4, -0.2) is 29.6 Å². The van der Waals surface area contributed by atoms with Gasteiger partial charge in [0.2, 0.25) is 0 Å². The van der Waals surface area contributed by atoms with Crippen molar-refractivity contribution >= 4 is 23.8 Å². The second-order valence-corrected chi connectivity index (χ2v) is 4.72. The van der Waals surface area contributed by atoms with Crippen LogP contribution in [0.2, 0.25) is 0 Å². The van der Waals surface area contributed by atoms with Gasteiger partial charge in [0.15, 0.2) is 12.4 Å². The molecule has 9 heteroatoms. The number of rotatable bonds is 7. The van der Waals surface area contributed by atoms with Crippen LogP contribution in [-0.2, 0) is 4.79 Å². The van der Waals surface area contributed by atoms with Crippen LogP contribution < -0.4 is 15.3 Å². The van der Waals surface area contributed by atoms with Crippen LogP contribution in [0.25, 0.3) is 0 Å². The Morgan fingerprint density at radius 1 is 1.16 bits per heavy atom. The summed E-state index contributed by atoms with van der Waals surface area (Å²) in [5.41, 5.74) is 2.54. The van der Waals surface area contributed by atoms with Gasteiger partial charge in [-0.25, -0.2) is 5.43 Å². The van der Waals surface area contributed by atoms with Gasteiger partial charge in [0.1, 0.15) is 0 Å². The van der Waals surface area contributed by atoms with E-state index in [4.69, 9.17) is 4.74 Å². The Labute approximate surface area is 141 Å². The summed E-state index contributed by atoms with van der Waals surface area (Å²) in [7, 11) is 0. The number of carbonyl (C=O) groups excluding carboxylic acids is 2. The highest BCUT2D eigenvalue weighted by atomic mass is 16.6. The van der Waals surface area contributed by atoms with E-state index in [-0.39, 0.29) is 17.0 Å². The van der Waals surface area contributed by atoms with Gasteiger partial charge >= 0.3 is 5.69 Å². The van der Waals surface area contributed by atoms with Gasteiger partial charge in [0, 0.05) is 6.07 Å². The highest BCUT2D eigenvalue weighted by molar-refractivity contribution is 5.88. The quantitative estimate of drug-likeness (QED) is 0.442. The lowest BCUT2D eigenvalue weighted by molar-refractivity contribution is -0.385. The van der Waals surface area contributed by atoms with Gasteiger partial charge in [-0.05, 0) is 17.2 Å². The molecular weight excluding hydrogens is 330 g/mol. The molecule has 0 aliphatic carbocycles. The molecule has 0 saturated heterocycles. The number of nitrogens with one attached hydrogen (secondary N) is 1. The standard InChI is InChI=1S/C16H13N3O6/c20-15(10-25-14-4-2-1-3-13(14)19(23)24)18-17-9-11-5-7-12(8-6-11)16(21)22/h1-9H,10H2,(H,18,20)(H,21,22)/p-1/b17-9-. The van der Waals surface area contributed by atoms with Gasteiger partial charge in [-0.3, -0.25) is 14.9 Å². The SMILES string of the molecule is O=C(COc1ccccc1[N+](=O)[O-])N/N=C\c1ccc(C(=O)[O-])cc1. The van der Waals surface area contributed by atoms with Crippen molar-refractivity contribution in [3.05, 3.63) is 69.8 Å². The highest BCUT2D eigenvalue weighted by Gasteiger charge is 2.14. The van der Waals surface area contributed by atoms with Gasteiger partial charge in [-0.15, -0.1) is 0 Å². The minimum absolute atomic E-state index is 0.0236. The number of hydrogen-bond acceptors (Lipinski definition) is 7. The molecule has 0 heterocycles. The van der Waals surface area contributed by atoms with Crippen molar-refractivity contribution in [1.29, 1.82) is 0 Å². The monoisotopic (exact) mass is 342 g/mol. The number of carboxylic acid groups (broad SMARTS) is 1. The van der Waals surface area contributed by atoms with Crippen LogP contribution in [0.3, 0.4) is 0 Å². The Morgan fingerprint density at radius 2 is 1.84 bits per heavy atom. The first-order valence-electron chi connectivity index (χ1n) is 6.97. The number of carbonyl (C=O) groups is 2. The van der Waals surface area contributed by atoms with Crippen molar-refractivity contribution in [2.45, 2.75) is 0 Å². The minimum atomic E-state index is -1.29. The van der Waals surface area contributed by atoms with Crippen molar-refractivity contribution < 1.29 is 24.4 Å². The number of ether oxygens (including phenoxy) is 1. The molecule has 0 aliphatic rings. The van der Waals surface area contributed by atoms with Crippen molar-refractivity contribution in [2.24, 2.45) is 5.10 Å². The van der Waals surface area contributed by atoms with Crippen LogP contribution in [0.5, 0.6) is 5.75 Å². The summed E-state index contributed by atoms with van der Waals surface area (Å²) in [6.07, 6.45) is 1.31. The summed E-state index contributed by atoms with van der Waals surface area (Å²) in [6, 6.07) is 11.4. The van der Waals surface area contributed by atoms with Gasteiger partial charge in [-0.2, -0.15) is 5.10 Å². The molecule has 9 nitrogen and oxygen atoms in total. The topological polar surface area (TPSA) is 134 Å². The summed E-state index contributed by atoms with van der Waals surface area (Å²) >= 11 is 0. The molecule has 0 atom stereocenters. The summed E-state index contributed by atoms with van der Waals surface area (Å²) in [5.74, 6) is -1.92. The van der Waals surface area contributed by atoms with E-state index in [1.165, 1.54) is 48.7 Å². The smallest absolute Gasteiger partial charge is 0.310 e. The molecule has 0 spiro atoms. The molecular formula is C16H12N3O6-. The Balaban J connectivity index is 1.86. The normalized spacial score (nSPS) is 10.4. The number of nitro benzene ring substituents is 1. The lowest BCUT2D eigenvalue weighted by Crippen LogP contribution is -2.24. The van der Waals surface area contributed by atoms with Gasteiger partial charge in [0.25, 0.3) is 5.91 Å². The predicted octanol–water partition coefficient (Wildman–Crippen LogP) is 0.487. The van der Waals surface area contributed by atoms with Crippen molar-refractivity contribution in [3.63, 3.8) is 0 Å². The highest BCUT2D eigenvalue weighted by Crippen LogP contribution is 2.25. The van der Waals surface area contributed by atoms with Crippen LogP contribution in [0.15, 0.2) is 53.6 Å². The maximum atomic E-state index is 11.6. The molecule has 0 saturated carbocycles. The molecule has 0 fully saturated rings. The molecule has 0 radical (unpaired) electrons. The van der Waals surface area contributed by atoms with Crippen molar-refractivity contribution in [2.75, 3.05) is 6.61 Å². The van der Waals surface area contributed by atoms with Gasteiger partial charge < -0.3 is 14.6 Å². The fourth-order valence-electron chi connectivity index (χ4n) is 1.79. The van der Waals surface area contributed by atoms with Crippen molar-refractivity contribution in [3.8, 4) is 5.75 Å². The maximum Gasteiger partial charge on any atom is 0.310 e. The minimum Gasteiger partial charge on any atom is -0.545 e. The van der Waals surface area contributed by atoms with E-state index in [2.05, 4.69) is 10.5 Å². The van der Waals surface area contributed by atoms with Crippen LogP contribution in [0.4, 0.5) is 5.69 Å². The molecule has 0 unspecified atom stereocenters. The largest absolute Gasteiger partial charge is 0.545 e. The Hall–Kier alpha value is -3.75. The zero-order valence-corrected chi connectivity index (χ0v) is 12.7. The first kappa shape index (κ1) is 17.6. The number of hydrazone groups is 1. The number of nitro groups is 1. The number of aromatic carboxylic acids is 1. The molecule has 2 rings (SSSR count). The van der Waals surface area contributed by atoms with E-state index in [9.17, 15) is 24.8 Å². The van der Waals surface area contributed by atoms with E-state index in [1.54, 1.807) is 6.07 Å². The summed E-state index contributed by atoms with van der Waals surface area (Å²) in [6.45, 7) is -0.453. The fourth-order valence-corrected chi connectivity index (χ4v) is 1.79. The van der Waals surface area contributed by atoms with Crippen molar-refractivity contribution in [1.82, 2.24) is 5.43 Å². The van der Waals surface area contributed by atoms with Crippen LogP contribution >= 0.6 is 0 Å². The zero-order valence-electron chi connectivity index (χ0n) is 12.7. The first-order valence-corrected chi connectivity index (χ1v) is 6.97. The number of benzene rings is 2. The summed E-state index contributed by atoms with van der Waals surface area (Å²) < 4.78 is 5.11. The number of nitrogens with zero attached hydrogens (tertiary/aromatic N) is 2. The molecule has 1 amide bonds. The molecule has 2 aromatic carbocycles. The second kappa shape index (κ2) is 8.20. The van der Waals surface area contributed by atoms with E-state index in [0.717, 1.165) is 0 Å². The molecule has 128 valence electrons. The van der Waals surface area contributed by atoms with E-state index >= 15 is 0 Å². The molecule has 2 aromatic rings. The Kier molecular flexibility index (Phi) is 5.77. The predicted molar refractivity (Wildman–Crippen MR) is 85.1 cm³/mol. The number of para-hydroxylation sites is 2. The Bertz CT molecular complexity index is 817. The van der Waals surface area contributed by atoms with E-state index in [0.29, 0.717) is 5.56 Å². The molecule has 0 aromatic heterocycles. The lowest BCUT2D eigenvalue weighted by Gasteiger charge is -2.05. The number of amides is 1. The molecule has 25 heavy (non-hydrogen) atoms. The molecule has 1 N–H and O–H groups in total. The summed E-state index contributed by atoms with van der Waals surface area (Å²) in [5, 5.41) is 25.1. The summed E-state index contributed by atoms with van der Waals surface area (Å²) in [4.78, 5) is 32.5. The lowest BCUT2D eigenvalue weighted by atomic mass is 10.1.